The molecule has 29 heavy (non-hydrogen) atoms. The molecule has 0 amide bonds. The van der Waals surface area contributed by atoms with E-state index in [0.717, 1.165) is 50.4 Å². The van der Waals surface area contributed by atoms with E-state index in [2.05, 4.69) is 6.07 Å². The fraction of sp³-hybridized carbons (Fsp3) is 0.182. The zero-order valence-electron chi connectivity index (χ0n) is 16.3. The zero-order chi connectivity index (χ0) is 20.4. The topological polar surface area (TPSA) is 68.8 Å². The van der Waals surface area contributed by atoms with Gasteiger partial charge in [-0.15, -0.1) is 11.3 Å². The third-order valence-electron chi connectivity index (χ3n) is 4.75. The van der Waals surface area contributed by atoms with Gasteiger partial charge in [-0.25, -0.2) is 4.98 Å². The Morgan fingerprint density at radius 2 is 1.72 bits per heavy atom. The van der Waals surface area contributed by atoms with Gasteiger partial charge in [0.25, 0.3) is 0 Å². The molecule has 4 aromatic rings. The molecule has 0 aliphatic carbocycles. The van der Waals surface area contributed by atoms with Gasteiger partial charge in [0.15, 0.2) is 4.96 Å². The van der Waals surface area contributed by atoms with E-state index in [1.807, 2.05) is 52.2 Å². The Morgan fingerprint density at radius 1 is 1.00 bits per heavy atom. The lowest BCUT2D eigenvalue weighted by molar-refractivity contribution is 0.404. The van der Waals surface area contributed by atoms with Crippen LogP contribution in [0.2, 0.25) is 0 Å². The van der Waals surface area contributed by atoms with Gasteiger partial charge in [-0.05, 0) is 42.5 Å². The second-order valence-corrected chi connectivity index (χ2v) is 7.11. The number of nitriles is 1. The van der Waals surface area contributed by atoms with Crippen LogP contribution in [-0.4, -0.2) is 30.7 Å². The quantitative estimate of drug-likeness (QED) is 0.460. The molecule has 7 heteroatoms. The molecule has 0 unspecified atom stereocenters. The maximum atomic E-state index is 9.48. The first kappa shape index (κ1) is 18.8. The maximum Gasteiger partial charge on any atom is 0.195 e. The van der Waals surface area contributed by atoms with Crippen molar-refractivity contribution in [1.29, 1.82) is 5.26 Å². The average molecular weight is 405 g/mol. The summed E-state index contributed by atoms with van der Waals surface area (Å²) in [5.74, 6) is 2.24. The van der Waals surface area contributed by atoms with E-state index in [0.29, 0.717) is 0 Å². The van der Waals surface area contributed by atoms with Crippen LogP contribution in [0.4, 0.5) is 0 Å². The van der Waals surface area contributed by atoms with Crippen LogP contribution in [0.5, 0.6) is 17.2 Å². The molecule has 0 saturated heterocycles. The van der Waals surface area contributed by atoms with Gasteiger partial charge >= 0.3 is 0 Å². The van der Waals surface area contributed by atoms with E-state index in [9.17, 15) is 5.26 Å². The Hall–Kier alpha value is -3.50. The average Bonchev–Trinajstić information content (AvgIpc) is 3.34. The summed E-state index contributed by atoms with van der Waals surface area (Å²) < 4.78 is 18.2. The second-order valence-electron chi connectivity index (χ2n) is 6.28. The highest BCUT2D eigenvalue weighted by molar-refractivity contribution is 7.15. The van der Waals surface area contributed by atoms with Gasteiger partial charge in [-0.2, -0.15) is 5.26 Å². The molecule has 0 aliphatic rings. The summed E-state index contributed by atoms with van der Waals surface area (Å²) in [5, 5.41) is 11.5. The van der Waals surface area contributed by atoms with E-state index < -0.39 is 0 Å². The summed E-state index contributed by atoms with van der Waals surface area (Å²) in [4.78, 5) is 5.64. The summed E-state index contributed by atoms with van der Waals surface area (Å²) in [6, 6.07) is 15.6. The SMILES string of the molecule is COc1ccc(-c2nc3scc(-c4cc(OC)ccc4OC)n3c2CC#N)cc1. The third-order valence-corrected chi connectivity index (χ3v) is 5.58. The number of ether oxygens (including phenoxy) is 3. The van der Waals surface area contributed by atoms with E-state index in [4.69, 9.17) is 19.2 Å². The van der Waals surface area contributed by atoms with Gasteiger partial charge in [0.1, 0.15) is 17.2 Å². The standard InChI is InChI=1S/C22H19N3O3S/c1-26-15-6-4-14(5-7-15)21-18(10-11-23)25-19(13-29-22(25)24-21)17-12-16(27-2)8-9-20(17)28-3/h4-9,12-13H,10H2,1-3H3. The first-order valence-electron chi connectivity index (χ1n) is 8.92. The smallest absolute Gasteiger partial charge is 0.195 e. The van der Waals surface area contributed by atoms with E-state index >= 15 is 0 Å². The van der Waals surface area contributed by atoms with Gasteiger partial charge in [0.05, 0.1) is 50.9 Å². The highest BCUT2D eigenvalue weighted by Crippen LogP contribution is 2.38. The van der Waals surface area contributed by atoms with Crippen molar-refractivity contribution in [3.05, 3.63) is 53.5 Å². The molecule has 2 aromatic heterocycles. The van der Waals surface area contributed by atoms with Crippen molar-refractivity contribution in [1.82, 2.24) is 9.38 Å². The number of aromatic nitrogens is 2. The summed E-state index contributed by atoms with van der Waals surface area (Å²) in [6.45, 7) is 0. The van der Waals surface area contributed by atoms with E-state index in [1.165, 1.54) is 11.3 Å². The number of thiazole rings is 1. The molecule has 146 valence electrons. The molecular formula is C22H19N3O3S. The van der Waals surface area contributed by atoms with Crippen LogP contribution in [0.15, 0.2) is 47.8 Å². The Balaban J connectivity index is 1.94. The van der Waals surface area contributed by atoms with Crippen molar-refractivity contribution in [2.75, 3.05) is 21.3 Å². The normalized spacial score (nSPS) is 10.7. The van der Waals surface area contributed by atoms with Crippen molar-refractivity contribution in [3.8, 4) is 45.8 Å². The Morgan fingerprint density at radius 3 is 2.38 bits per heavy atom. The predicted octanol–water partition coefficient (Wildman–Crippen LogP) is 4.82. The van der Waals surface area contributed by atoms with Crippen LogP contribution < -0.4 is 14.2 Å². The lowest BCUT2D eigenvalue weighted by Gasteiger charge is -2.11. The monoisotopic (exact) mass is 405 g/mol. The van der Waals surface area contributed by atoms with Crippen LogP contribution in [0, 0.1) is 11.3 Å². The van der Waals surface area contributed by atoms with Crippen LogP contribution in [-0.2, 0) is 6.42 Å². The van der Waals surface area contributed by atoms with Crippen molar-refractivity contribution < 1.29 is 14.2 Å². The molecule has 0 aliphatic heterocycles. The Labute approximate surface area is 172 Å². The molecule has 0 bridgehead atoms. The van der Waals surface area contributed by atoms with Crippen molar-refractivity contribution in [3.63, 3.8) is 0 Å². The highest BCUT2D eigenvalue weighted by Gasteiger charge is 2.21. The highest BCUT2D eigenvalue weighted by atomic mass is 32.1. The van der Waals surface area contributed by atoms with Gasteiger partial charge in [-0.3, -0.25) is 4.40 Å². The number of rotatable bonds is 6. The first-order chi connectivity index (χ1) is 14.2. The first-order valence-corrected chi connectivity index (χ1v) is 9.80. The van der Waals surface area contributed by atoms with Crippen LogP contribution >= 0.6 is 11.3 Å². The maximum absolute atomic E-state index is 9.48. The number of hydrogen-bond acceptors (Lipinski definition) is 6. The minimum Gasteiger partial charge on any atom is -0.497 e. The predicted molar refractivity (Wildman–Crippen MR) is 113 cm³/mol. The van der Waals surface area contributed by atoms with Crippen LogP contribution in [0.25, 0.3) is 27.5 Å². The summed E-state index contributed by atoms with van der Waals surface area (Å²) in [5.41, 5.74) is 4.38. The number of nitrogens with zero attached hydrogens (tertiary/aromatic N) is 3. The van der Waals surface area contributed by atoms with E-state index in [1.54, 1.807) is 21.3 Å². The number of fused-ring (bicyclic) bond motifs is 1. The minimum atomic E-state index is 0.235. The lowest BCUT2D eigenvalue weighted by atomic mass is 10.1. The summed E-state index contributed by atoms with van der Waals surface area (Å²) in [6.07, 6.45) is 0.235. The van der Waals surface area contributed by atoms with Gasteiger partial charge < -0.3 is 14.2 Å². The van der Waals surface area contributed by atoms with Gasteiger partial charge in [0, 0.05) is 16.5 Å². The van der Waals surface area contributed by atoms with Crippen molar-refractivity contribution in [2.45, 2.75) is 6.42 Å². The van der Waals surface area contributed by atoms with Gasteiger partial charge in [-0.1, -0.05) is 0 Å². The van der Waals surface area contributed by atoms with E-state index in [-0.39, 0.29) is 6.42 Å². The molecule has 0 radical (unpaired) electrons. The number of hydrogen-bond donors (Lipinski definition) is 0. The second kappa shape index (κ2) is 7.86. The van der Waals surface area contributed by atoms with Crippen LogP contribution in [0.1, 0.15) is 5.69 Å². The molecule has 0 saturated carbocycles. The molecule has 0 fully saturated rings. The lowest BCUT2D eigenvalue weighted by Crippen LogP contribution is -1.97. The number of benzene rings is 2. The molecule has 0 atom stereocenters. The molecule has 2 heterocycles. The Kier molecular flexibility index (Phi) is 5.10. The fourth-order valence-corrected chi connectivity index (χ4v) is 4.24. The molecule has 6 nitrogen and oxygen atoms in total. The fourth-order valence-electron chi connectivity index (χ4n) is 3.34. The van der Waals surface area contributed by atoms with Crippen molar-refractivity contribution in [2.24, 2.45) is 0 Å². The molecule has 4 rings (SSSR count). The molecular weight excluding hydrogens is 386 g/mol. The largest absolute Gasteiger partial charge is 0.497 e. The Bertz CT molecular complexity index is 1200. The zero-order valence-corrected chi connectivity index (χ0v) is 17.1. The minimum absolute atomic E-state index is 0.235. The number of methoxy groups -OCH3 is 3. The summed E-state index contributed by atoms with van der Waals surface area (Å²) >= 11 is 1.53. The van der Waals surface area contributed by atoms with Gasteiger partial charge in [0.2, 0.25) is 0 Å². The van der Waals surface area contributed by atoms with Crippen LogP contribution in [0.3, 0.4) is 0 Å². The third kappa shape index (κ3) is 3.28. The van der Waals surface area contributed by atoms with Crippen molar-refractivity contribution >= 4 is 16.3 Å². The molecule has 2 aromatic carbocycles. The number of imidazole rings is 1. The molecule has 0 spiro atoms. The molecule has 0 N–H and O–H groups in total. The summed E-state index contributed by atoms with van der Waals surface area (Å²) in [7, 11) is 4.91.